The van der Waals surface area contributed by atoms with Gasteiger partial charge in [0.15, 0.2) is 0 Å². The van der Waals surface area contributed by atoms with Crippen molar-refractivity contribution in [1.82, 2.24) is 25.2 Å². The summed E-state index contributed by atoms with van der Waals surface area (Å²) in [7, 11) is 0. The first-order valence-corrected chi connectivity index (χ1v) is 12.2. The number of halogens is 1. The Kier molecular flexibility index (Phi) is 7.06. The number of benzene rings is 2. The highest BCUT2D eigenvalue weighted by Gasteiger charge is 2.35. The maximum atomic E-state index is 15.1. The van der Waals surface area contributed by atoms with Crippen molar-refractivity contribution in [3.63, 3.8) is 0 Å². The highest BCUT2D eigenvalue weighted by Crippen LogP contribution is 2.28. The minimum absolute atomic E-state index is 0.000322. The Morgan fingerprint density at radius 1 is 1.06 bits per heavy atom. The number of carbonyl (C=O) groups is 2. The predicted molar refractivity (Wildman–Crippen MR) is 131 cm³/mol. The molecule has 2 amide bonds. The summed E-state index contributed by atoms with van der Waals surface area (Å²) in [5.41, 5.74) is 1.48. The molecule has 36 heavy (non-hydrogen) atoms. The van der Waals surface area contributed by atoms with Crippen LogP contribution in [0.3, 0.4) is 0 Å². The molecule has 1 fully saturated rings. The summed E-state index contributed by atoms with van der Waals surface area (Å²) in [5, 5.41) is 11.3. The molecule has 1 aliphatic carbocycles. The first kappa shape index (κ1) is 23.7. The van der Waals surface area contributed by atoms with Crippen LogP contribution in [0, 0.1) is 5.82 Å². The summed E-state index contributed by atoms with van der Waals surface area (Å²) in [5.74, 6) is -0.882. The number of nitrogens with zero attached hydrogens (tertiary/aromatic N) is 4. The van der Waals surface area contributed by atoms with E-state index in [2.05, 4.69) is 15.6 Å². The largest absolute Gasteiger partial charge is 0.467 e. The molecule has 5 rings (SSSR count). The zero-order valence-electron chi connectivity index (χ0n) is 19.8. The van der Waals surface area contributed by atoms with Gasteiger partial charge < -0.3 is 14.6 Å². The molecule has 1 atom stereocenters. The number of amides is 2. The highest BCUT2D eigenvalue weighted by molar-refractivity contribution is 5.89. The molecule has 2 aromatic heterocycles. The maximum Gasteiger partial charge on any atom is 0.247 e. The van der Waals surface area contributed by atoms with E-state index in [-0.39, 0.29) is 24.7 Å². The molecule has 0 unspecified atom stereocenters. The zero-order chi connectivity index (χ0) is 24.9. The van der Waals surface area contributed by atoms with E-state index in [9.17, 15) is 9.59 Å². The van der Waals surface area contributed by atoms with Crippen molar-refractivity contribution < 1.29 is 18.4 Å². The van der Waals surface area contributed by atoms with E-state index in [1.807, 2.05) is 24.3 Å². The van der Waals surface area contributed by atoms with Gasteiger partial charge in [-0.2, -0.15) is 0 Å². The second kappa shape index (κ2) is 10.7. The smallest absolute Gasteiger partial charge is 0.247 e. The van der Waals surface area contributed by atoms with Crippen LogP contribution in [0.15, 0.2) is 71.3 Å². The molecule has 0 saturated heterocycles. The molecular weight excluding hydrogens is 461 g/mol. The number of para-hydroxylation sites is 1. The number of nitrogens with one attached hydrogen (secondary N) is 1. The molecule has 0 bridgehead atoms. The maximum absolute atomic E-state index is 15.1. The molecule has 0 aliphatic heterocycles. The second-order valence-corrected chi connectivity index (χ2v) is 9.10. The van der Waals surface area contributed by atoms with Crippen molar-refractivity contribution in [2.24, 2.45) is 0 Å². The average Bonchev–Trinajstić information content (AvgIpc) is 3.55. The first-order valence-electron chi connectivity index (χ1n) is 12.2. The standard InChI is InChI=1S/C27H28FN5O3/c28-22-13-5-4-12-21(22)26(27(35)29-19-9-2-1-3-10-19)32(17-20-11-8-16-36-20)25(34)18-33-24-15-7-6-14-23(24)30-31-33/h4-8,11-16,19,26H,1-3,9-10,17-18H2,(H,29,35)/t26-/m0/s1. The van der Waals surface area contributed by atoms with Crippen LogP contribution >= 0.6 is 0 Å². The van der Waals surface area contributed by atoms with Gasteiger partial charge in [0.2, 0.25) is 11.8 Å². The second-order valence-electron chi connectivity index (χ2n) is 9.10. The van der Waals surface area contributed by atoms with Crippen molar-refractivity contribution >= 4 is 22.8 Å². The van der Waals surface area contributed by atoms with Crippen LogP contribution in [0.25, 0.3) is 11.0 Å². The van der Waals surface area contributed by atoms with Gasteiger partial charge in [-0.3, -0.25) is 9.59 Å². The fourth-order valence-electron chi connectivity index (χ4n) is 4.82. The van der Waals surface area contributed by atoms with E-state index in [0.717, 1.165) is 32.1 Å². The van der Waals surface area contributed by atoms with Crippen molar-refractivity contribution in [2.45, 2.75) is 57.3 Å². The van der Waals surface area contributed by atoms with Crippen LogP contribution in [0.5, 0.6) is 0 Å². The Hall–Kier alpha value is -4.01. The monoisotopic (exact) mass is 489 g/mol. The van der Waals surface area contributed by atoms with Gasteiger partial charge in [0.1, 0.15) is 29.7 Å². The molecule has 0 radical (unpaired) electrons. The summed E-state index contributed by atoms with van der Waals surface area (Å²) in [6, 6.07) is 15.7. The summed E-state index contributed by atoms with van der Waals surface area (Å²) in [4.78, 5) is 28.9. The summed E-state index contributed by atoms with van der Waals surface area (Å²) < 4.78 is 22.1. The lowest BCUT2D eigenvalue weighted by molar-refractivity contribution is -0.143. The molecule has 0 spiro atoms. The average molecular weight is 490 g/mol. The molecule has 4 aromatic rings. The fraction of sp³-hybridized carbons (Fsp3) is 0.333. The number of fused-ring (bicyclic) bond motifs is 1. The van der Waals surface area contributed by atoms with E-state index in [4.69, 9.17) is 4.42 Å². The number of aromatic nitrogens is 3. The normalized spacial score (nSPS) is 15.0. The molecule has 1 N–H and O–H groups in total. The number of carbonyl (C=O) groups excluding carboxylic acids is 2. The number of furan rings is 1. The molecule has 186 valence electrons. The van der Waals surface area contributed by atoms with Crippen LogP contribution in [0.4, 0.5) is 4.39 Å². The number of hydrogen-bond acceptors (Lipinski definition) is 5. The quantitative estimate of drug-likeness (QED) is 0.396. The fourth-order valence-corrected chi connectivity index (χ4v) is 4.82. The SMILES string of the molecule is O=C(NC1CCCCC1)[C@H](c1ccccc1F)N(Cc1ccco1)C(=O)Cn1nnc2ccccc21. The van der Waals surface area contributed by atoms with E-state index in [1.165, 1.54) is 21.9 Å². The lowest BCUT2D eigenvalue weighted by Gasteiger charge is -2.33. The molecule has 1 aliphatic rings. The molecule has 2 heterocycles. The van der Waals surface area contributed by atoms with E-state index in [0.29, 0.717) is 16.8 Å². The van der Waals surface area contributed by atoms with Crippen LogP contribution in [-0.2, 0) is 22.7 Å². The van der Waals surface area contributed by atoms with Crippen molar-refractivity contribution in [2.75, 3.05) is 0 Å². The Labute approximate surface area is 208 Å². The Balaban J connectivity index is 1.51. The van der Waals surface area contributed by atoms with Gasteiger partial charge in [-0.1, -0.05) is 54.8 Å². The van der Waals surface area contributed by atoms with Gasteiger partial charge >= 0.3 is 0 Å². The van der Waals surface area contributed by atoms with Crippen LogP contribution in [-0.4, -0.2) is 37.7 Å². The third kappa shape index (κ3) is 5.15. The third-order valence-corrected chi connectivity index (χ3v) is 6.64. The summed E-state index contributed by atoms with van der Waals surface area (Å²) >= 11 is 0. The first-order chi connectivity index (χ1) is 17.6. The number of rotatable bonds is 8. The van der Waals surface area contributed by atoms with Gasteiger partial charge in [-0.05, 0) is 43.2 Å². The summed E-state index contributed by atoms with van der Waals surface area (Å²) in [6.07, 6.45) is 6.44. The molecule has 9 heteroatoms. The van der Waals surface area contributed by atoms with Gasteiger partial charge in [0, 0.05) is 11.6 Å². The Morgan fingerprint density at radius 3 is 2.61 bits per heavy atom. The van der Waals surface area contributed by atoms with Gasteiger partial charge in [0.25, 0.3) is 0 Å². The minimum Gasteiger partial charge on any atom is -0.467 e. The van der Waals surface area contributed by atoms with Crippen LogP contribution < -0.4 is 5.32 Å². The summed E-state index contributed by atoms with van der Waals surface area (Å²) in [6.45, 7) is -0.168. The lowest BCUT2D eigenvalue weighted by atomic mass is 9.94. The van der Waals surface area contributed by atoms with Crippen molar-refractivity contribution in [1.29, 1.82) is 0 Å². The highest BCUT2D eigenvalue weighted by atomic mass is 19.1. The topological polar surface area (TPSA) is 93.3 Å². The van der Waals surface area contributed by atoms with Gasteiger partial charge in [-0.25, -0.2) is 9.07 Å². The van der Waals surface area contributed by atoms with E-state index in [1.54, 1.807) is 30.3 Å². The Morgan fingerprint density at radius 2 is 1.83 bits per heavy atom. The van der Waals surface area contributed by atoms with Crippen molar-refractivity contribution in [3.8, 4) is 0 Å². The third-order valence-electron chi connectivity index (χ3n) is 6.64. The molecule has 1 saturated carbocycles. The lowest BCUT2D eigenvalue weighted by Crippen LogP contribution is -2.47. The zero-order valence-corrected chi connectivity index (χ0v) is 19.8. The van der Waals surface area contributed by atoms with E-state index >= 15 is 4.39 Å². The number of hydrogen-bond donors (Lipinski definition) is 1. The van der Waals surface area contributed by atoms with E-state index < -0.39 is 23.7 Å². The van der Waals surface area contributed by atoms with Crippen molar-refractivity contribution in [3.05, 3.63) is 84.1 Å². The Bertz CT molecular complexity index is 1330. The molecule has 8 nitrogen and oxygen atoms in total. The molecule has 2 aromatic carbocycles. The van der Waals surface area contributed by atoms with Gasteiger partial charge in [-0.15, -0.1) is 5.10 Å². The predicted octanol–water partition coefficient (Wildman–Crippen LogP) is 4.38. The minimum atomic E-state index is -1.18. The van der Waals surface area contributed by atoms with Gasteiger partial charge in [0.05, 0.1) is 18.3 Å². The molecular formula is C27H28FN5O3. The van der Waals surface area contributed by atoms with Crippen LogP contribution in [0.1, 0.15) is 49.5 Å². The van der Waals surface area contributed by atoms with Crippen LogP contribution in [0.2, 0.25) is 0 Å².